The van der Waals surface area contributed by atoms with Crippen molar-refractivity contribution in [2.45, 2.75) is 65.4 Å². The SMILES string of the molecule is CC(=O)OC1CCC2C(C)CCCC2(C)C1. The van der Waals surface area contributed by atoms with E-state index in [1.165, 1.54) is 32.6 Å². The summed E-state index contributed by atoms with van der Waals surface area (Å²) in [7, 11) is 0. The molecule has 2 nitrogen and oxygen atoms in total. The van der Waals surface area contributed by atoms with Gasteiger partial charge in [0.1, 0.15) is 6.10 Å². The molecule has 0 N–H and O–H groups in total. The molecule has 0 aromatic rings. The summed E-state index contributed by atoms with van der Waals surface area (Å²) >= 11 is 0. The Labute approximate surface area is 98.7 Å². The topological polar surface area (TPSA) is 26.3 Å². The molecule has 4 unspecified atom stereocenters. The van der Waals surface area contributed by atoms with Crippen LogP contribution in [0, 0.1) is 17.3 Å². The number of fused-ring (bicyclic) bond motifs is 1. The van der Waals surface area contributed by atoms with E-state index in [4.69, 9.17) is 4.74 Å². The number of carbonyl (C=O) groups is 1. The first kappa shape index (κ1) is 11.9. The Hall–Kier alpha value is -0.530. The molecule has 0 saturated heterocycles. The van der Waals surface area contributed by atoms with Gasteiger partial charge in [-0.1, -0.05) is 26.7 Å². The van der Waals surface area contributed by atoms with Crippen molar-refractivity contribution in [3.63, 3.8) is 0 Å². The Balaban J connectivity index is 2.03. The molecule has 2 heteroatoms. The standard InChI is InChI=1S/C14H24O2/c1-10-5-4-8-14(3)9-12(16-11(2)15)6-7-13(10)14/h10,12-13H,4-9H2,1-3H3. The predicted molar refractivity (Wildman–Crippen MR) is 64.0 cm³/mol. The highest BCUT2D eigenvalue weighted by Crippen LogP contribution is 2.52. The Morgan fingerprint density at radius 1 is 1.31 bits per heavy atom. The lowest BCUT2D eigenvalue weighted by Gasteiger charge is -2.50. The normalized spacial score (nSPS) is 43.6. The van der Waals surface area contributed by atoms with E-state index in [-0.39, 0.29) is 12.1 Å². The first-order valence-corrected chi connectivity index (χ1v) is 6.68. The second-order valence-corrected chi connectivity index (χ2v) is 6.14. The van der Waals surface area contributed by atoms with Crippen LogP contribution in [-0.4, -0.2) is 12.1 Å². The van der Waals surface area contributed by atoms with Crippen LogP contribution in [0.4, 0.5) is 0 Å². The van der Waals surface area contributed by atoms with E-state index < -0.39 is 0 Å². The fourth-order valence-electron chi connectivity index (χ4n) is 4.11. The molecule has 0 aromatic carbocycles. The Morgan fingerprint density at radius 2 is 2.06 bits per heavy atom. The van der Waals surface area contributed by atoms with Crippen molar-refractivity contribution in [3.05, 3.63) is 0 Å². The average molecular weight is 224 g/mol. The van der Waals surface area contributed by atoms with Crippen molar-refractivity contribution in [1.82, 2.24) is 0 Å². The van der Waals surface area contributed by atoms with Gasteiger partial charge in [0.25, 0.3) is 0 Å². The van der Waals surface area contributed by atoms with Crippen LogP contribution in [0.25, 0.3) is 0 Å². The molecular weight excluding hydrogens is 200 g/mol. The van der Waals surface area contributed by atoms with Crippen molar-refractivity contribution < 1.29 is 9.53 Å². The van der Waals surface area contributed by atoms with Crippen molar-refractivity contribution >= 4 is 5.97 Å². The summed E-state index contributed by atoms with van der Waals surface area (Å²) in [6, 6.07) is 0. The van der Waals surface area contributed by atoms with Crippen LogP contribution < -0.4 is 0 Å². The zero-order chi connectivity index (χ0) is 11.8. The number of ether oxygens (including phenoxy) is 1. The number of rotatable bonds is 1. The van der Waals surface area contributed by atoms with Crippen molar-refractivity contribution in [2.75, 3.05) is 0 Å². The molecule has 0 spiro atoms. The molecule has 4 atom stereocenters. The maximum atomic E-state index is 11.0. The van der Waals surface area contributed by atoms with E-state index >= 15 is 0 Å². The minimum atomic E-state index is -0.115. The van der Waals surface area contributed by atoms with Gasteiger partial charge in [-0.2, -0.15) is 0 Å². The number of carbonyl (C=O) groups excluding carboxylic acids is 1. The molecule has 0 bridgehead atoms. The summed E-state index contributed by atoms with van der Waals surface area (Å²) in [5.41, 5.74) is 0.427. The quantitative estimate of drug-likeness (QED) is 0.637. The molecule has 16 heavy (non-hydrogen) atoms. The number of hydrogen-bond donors (Lipinski definition) is 0. The summed E-state index contributed by atoms with van der Waals surface area (Å²) in [6.07, 6.45) is 7.64. The smallest absolute Gasteiger partial charge is 0.302 e. The summed E-state index contributed by atoms with van der Waals surface area (Å²) in [5.74, 6) is 1.60. The Kier molecular flexibility index (Phi) is 3.27. The van der Waals surface area contributed by atoms with Crippen LogP contribution in [0.1, 0.15) is 59.3 Å². The Bertz CT molecular complexity index is 274. The molecule has 0 amide bonds. The third kappa shape index (κ3) is 2.26. The number of hydrogen-bond acceptors (Lipinski definition) is 2. The van der Waals surface area contributed by atoms with Crippen molar-refractivity contribution in [3.8, 4) is 0 Å². The van der Waals surface area contributed by atoms with Gasteiger partial charge in [0.15, 0.2) is 0 Å². The van der Waals surface area contributed by atoms with E-state index in [0.29, 0.717) is 5.41 Å². The fraction of sp³-hybridized carbons (Fsp3) is 0.929. The third-order valence-corrected chi connectivity index (χ3v) is 4.82. The van der Waals surface area contributed by atoms with Gasteiger partial charge < -0.3 is 4.74 Å². The molecule has 2 aliphatic rings. The van der Waals surface area contributed by atoms with Crippen LogP contribution in [0.5, 0.6) is 0 Å². The van der Waals surface area contributed by atoms with E-state index in [1.54, 1.807) is 0 Å². The molecule has 92 valence electrons. The first-order chi connectivity index (χ1) is 7.51. The lowest BCUT2D eigenvalue weighted by atomic mass is 9.56. The van der Waals surface area contributed by atoms with E-state index in [1.807, 2.05) is 0 Å². The highest BCUT2D eigenvalue weighted by Gasteiger charge is 2.45. The lowest BCUT2D eigenvalue weighted by Crippen LogP contribution is -2.43. The van der Waals surface area contributed by atoms with E-state index in [0.717, 1.165) is 24.7 Å². The zero-order valence-electron chi connectivity index (χ0n) is 10.8. The molecular formula is C14H24O2. The Morgan fingerprint density at radius 3 is 2.75 bits per heavy atom. The van der Waals surface area contributed by atoms with Crippen LogP contribution >= 0.6 is 0 Å². The highest BCUT2D eigenvalue weighted by atomic mass is 16.5. The second-order valence-electron chi connectivity index (χ2n) is 6.14. The second kappa shape index (κ2) is 4.38. The van der Waals surface area contributed by atoms with E-state index in [2.05, 4.69) is 13.8 Å². The lowest BCUT2D eigenvalue weighted by molar-refractivity contribution is -0.153. The van der Waals surface area contributed by atoms with Crippen molar-refractivity contribution in [1.29, 1.82) is 0 Å². The fourth-order valence-corrected chi connectivity index (χ4v) is 4.11. The third-order valence-electron chi connectivity index (χ3n) is 4.82. The molecule has 0 heterocycles. The van der Waals surface area contributed by atoms with Gasteiger partial charge >= 0.3 is 5.97 Å². The van der Waals surface area contributed by atoms with Crippen LogP contribution in [0.3, 0.4) is 0 Å². The molecule has 0 aromatic heterocycles. The van der Waals surface area contributed by atoms with Crippen LogP contribution in [0.15, 0.2) is 0 Å². The average Bonchev–Trinajstić information content (AvgIpc) is 2.15. The van der Waals surface area contributed by atoms with Gasteiger partial charge in [0.2, 0.25) is 0 Å². The van der Waals surface area contributed by atoms with Gasteiger partial charge in [0.05, 0.1) is 0 Å². The molecule has 2 aliphatic carbocycles. The molecule has 2 saturated carbocycles. The van der Waals surface area contributed by atoms with Crippen LogP contribution in [-0.2, 0) is 9.53 Å². The maximum Gasteiger partial charge on any atom is 0.302 e. The molecule has 0 radical (unpaired) electrons. The molecule has 2 rings (SSSR count). The van der Waals surface area contributed by atoms with Gasteiger partial charge in [-0.3, -0.25) is 4.79 Å². The molecule has 0 aliphatic heterocycles. The first-order valence-electron chi connectivity index (χ1n) is 6.68. The predicted octanol–water partition coefficient (Wildman–Crippen LogP) is 3.54. The van der Waals surface area contributed by atoms with Crippen LogP contribution in [0.2, 0.25) is 0 Å². The summed E-state index contributed by atoms with van der Waals surface area (Å²) in [5, 5.41) is 0. The number of esters is 1. The summed E-state index contributed by atoms with van der Waals surface area (Å²) in [6.45, 7) is 6.33. The highest BCUT2D eigenvalue weighted by molar-refractivity contribution is 5.66. The maximum absolute atomic E-state index is 11.0. The van der Waals surface area contributed by atoms with Crippen molar-refractivity contribution in [2.24, 2.45) is 17.3 Å². The van der Waals surface area contributed by atoms with Gasteiger partial charge in [-0.15, -0.1) is 0 Å². The van der Waals surface area contributed by atoms with Gasteiger partial charge in [-0.05, 0) is 42.9 Å². The minimum absolute atomic E-state index is 0.115. The summed E-state index contributed by atoms with van der Waals surface area (Å²) < 4.78 is 5.40. The van der Waals surface area contributed by atoms with Gasteiger partial charge in [0, 0.05) is 6.92 Å². The summed E-state index contributed by atoms with van der Waals surface area (Å²) in [4.78, 5) is 11.0. The van der Waals surface area contributed by atoms with E-state index in [9.17, 15) is 4.79 Å². The zero-order valence-corrected chi connectivity index (χ0v) is 10.8. The largest absolute Gasteiger partial charge is 0.463 e. The van der Waals surface area contributed by atoms with Gasteiger partial charge in [-0.25, -0.2) is 0 Å². The molecule has 2 fully saturated rings. The monoisotopic (exact) mass is 224 g/mol. The minimum Gasteiger partial charge on any atom is -0.463 e.